The lowest BCUT2D eigenvalue weighted by atomic mass is 9.79. The Kier molecular flexibility index (Phi) is 5.33. The largest absolute Gasteiger partial charge is 0.236 e. The maximum Gasteiger partial charge on any atom is 0.146 e. The highest BCUT2D eigenvalue weighted by molar-refractivity contribution is 14.1. The summed E-state index contributed by atoms with van der Waals surface area (Å²) >= 11 is 8.63. The van der Waals surface area contributed by atoms with E-state index in [1.807, 2.05) is 0 Å². The second kappa shape index (κ2) is 6.47. The van der Waals surface area contributed by atoms with Crippen LogP contribution in [-0.2, 0) is 5.41 Å². The summed E-state index contributed by atoms with van der Waals surface area (Å²) in [6.07, 6.45) is 6.34. The van der Waals surface area contributed by atoms with Gasteiger partial charge in [0.1, 0.15) is 11.0 Å². The fourth-order valence-corrected chi connectivity index (χ4v) is 4.24. The van der Waals surface area contributed by atoms with Gasteiger partial charge in [0.25, 0.3) is 0 Å². The lowest BCUT2D eigenvalue weighted by molar-refractivity contribution is 0.306. The van der Waals surface area contributed by atoms with Gasteiger partial charge in [0, 0.05) is 11.3 Å². The number of hydrogen-bond donors (Lipinski definition) is 0. The zero-order chi connectivity index (χ0) is 14.9. The Bertz CT molecular complexity index is 482. The van der Waals surface area contributed by atoms with Crippen molar-refractivity contribution in [2.45, 2.75) is 71.1 Å². The van der Waals surface area contributed by atoms with Crippen LogP contribution in [0.5, 0.6) is 0 Å². The van der Waals surface area contributed by atoms with Gasteiger partial charge < -0.3 is 0 Å². The fourth-order valence-electron chi connectivity index (χ4n) is 3.01. The van der Waals surface area contributed by atoms with Crippen molar-refractivity contribution in [3.05, 3.63) is 20.2 Å². The third-order valence-corrected chi connectivity index (χ3v) is 5.88. The summed E-state index contributed by atoms with van der Waals surface area (Å²) in [4.78, 5) is 9.48. The van der Waals surface area contributed by atoms with E-state index in [0.717, 1.165) is 21.0 Å². The van der Waals surface area contributed by atoms with Crippen molar-refractivity contribution in [2.24, 2.45) is 5.92 Å². The summed E-state index contributed by atoms with van der Waals surface area (Å²) < 4.78 is 1.00. The molecule has 1 aromatic rings. The Morgan fingerprint density at radius 2 is 1.95 bits per heavy atom. The van der Waals surface area contributed by atoms with Crippen molar-refractivity contribution in [1.29, 1.82) is 0 Å². The van der Waals surface area contributed by atoms with Crippen molar-refractivity contribution in [2.75, 3.05) is 0 Å². The lowest BCUT2D eigenvalue weighted by Crippen LogP contribution is -2.21. The molecule has 0 amide bonds. The Morgan fingerprint density at radius 3 is 2.55 bits per heavy atom. The molecule has 2 rings (SSSR count). The van der Waals surface area contributed by atoms with Gasteiger partial charge >= 0.3 is 0 Å². The summed E-state index contributed by atoms with van der Waals surface area (Å²) in [5.41, 5.74) is 1.10. The maximum absolute atomic E-state index is 6.36. The van der Waals surface area contributed by atoms with Crippen LogP contribution >= 0.6 is 34.2 Å². The van der Waals surface area contributed by atoms with Gasteiger partial charge in [-0.1, -0.05) is 58.6 Å². The van der Waals surface area contributed by atoms with Crippen LogP contribution in [0.3, 0.4) is 0 Å². The first-order valence-electron chi connectivity index (χ1n) is 7.56. The molecular weight excluding hydrogens is 383 g/mol. The average Bonchev–Trinajstić information content (AvgIpc) is 2.40. The van der Waals surface area contributed by atoms with E-state index in [1.54, 1.807) is 0 Å². The van der Waals surface area contributed by atoms with E-state index in [2.05, 4.69) is 55.3 Å². The standard InChI is InChI=1S/C16H24ClIN2/c1-5-10-7-6-8-11(9-10)15-19-13(16(2,3)4)12(18)14(17)20-15/h10-11H,5-9H2,1-4H3. The SMILES string of the molecule is CCC1CCCC(c2nc(Cl)c(I)c(C(C)(C)C)n2)C1. The minimum atomic E-state index is 0.0106. The topological polar surface area (TPSA) is 25.8 Å². The van der Waals surface area contributed by atoms with Gasteiger partial charge in [-0.3, -0.25) is 0 Å². The summed E-state index contributed by atoms with van der Waals surface area (Å²) in [6, 6.07) is 0. The minimum Gasteiger partial charge on any atom is -0.236 e. The number of halogens is 2. The van der Waals surface area contributed by atoms with E-state index in [0.29, 0.717) is 11.1 Å². The van der Waals surface area contributed by atoms with E-state index >= 15 is 0 Å². The normalized spacial score (nSPS) is 23.9. The van der Waals surface area contributed by atoms with Crippen molar-refractivity contribution >= 4 is 34.2 Å². The van der Waals surface area contributed by atoms with Crippen LogP contribution in [0.1, 0.15) is 77.2 Å². The Balaban J connectivity index is 2.35. The molecule has 2 nitrogen and oxygen atoms in total. The van der Waals surface area contributed by atoms with Gasteiger partial charge in [0.2, 0.25) is 0 Å². The number of aromatic nitrogens is 2. The van der Waals surface area contributed by atoms with Gasteiger partial charge in [-0.15, -0.1) is 0 Å². The second-order valence-corrected chi connectivity index (χ2v) is 8.36. The summed E-state index contributed by atoms with van der Waals surface area (Å²) in [6.45, 7) is 8.85. The van der Waals surface area contributed by atoms with Crippen LogP contribution in [0.15, 0.2) is 0 Å². The molecule has 0 radical (unpaired) electrons. The zero-order valence-electron chi connectivity index (χ0n) is 12.8. The second-order valence-electron chi connectivity index (χ2n) is 6.92. The smallest absolute Gasteiger partial charge is 0.146 e. The summed E-state index contributed by atoms with van der Waals surface area (Å²) in [5, 5.41) is 0.624. The molecule has 1 heterocycles. The first-order valence-corrected chi connectivity index (χ1v) is 9.02. The monoisotopic (exact) mass is 406 g/mol. The molecule has 4 heteroatoms. The quantitative estimate of drug-likeness (QED) is 0.464. The molecule has 112 valence electrons. The molecule has 1 aromatic heterocycles. The maximum atomic E-state index is 6.36. The van der Waals surface area contributed by atoms with E-state index in [1.165, 1.54) is 32.1 Å². The van der Waals surface area contributed by atoms with Crippen molar-refractivity contribution in [3.63, 3.8) is 0 Å². The van der Waals surface area contributed by atoms with Crippen LogP contribution in [0.25, 0.3) is 0 Å². The minimum absolute atomic E-state index is 0.0106. The molecule has 0 N–H and O–H groups in total. The number of nitrogens with zero attached hydrogens (tertiary/aromatic N) is 2. The Morgan fingerprint density at radius 1 is 1.25 bits per heavy atom. The molecule has 0 aromatic carbocycles. The summed E-state index contributed by atoms with van der Waals surface area (Å²) in [7, 11) is 0. The van der Waals surface area contributed by atoms with E-state index < -0.39 is 0 Å². The first kappa shape index (κ1) is 16.5. The van der Waals surface area contributed by atoms with Gasteiger partial charge in [-0.2, -0.15) is 0 Å². The van der Waals surface area contributed by atoms with Crippen LogP contribution < -0.4 is 0 Å². The molecule has 2 atom stereocenters. The summed E-state index contributed by atoms with van der Waals surface area (Å²) in [5.74, 6) is 2.29. The third-order valence-electron chi connectivity index (χ3n) is 4.26. The zero-order valence-corrected chi connectivity index (χ0v) is 15.8. The highest BCUT2D eigenvalue weighted by Gasteiger charge is 2.28. The van der Waals surface area contributed by atoms with Crippen molar-refractivity contribution in [3.8, 4) is 0 Å². The molecule has 0 spiro atoms. The molecule has 1 fully saturated rings. The van der Waals surface area contributed by atoms with Crippen LogP contribution in [0.4, 0.5) is 0 Å². The van der Waals surface area contributed by atoms with Crippen LogP contribution in [-0.4, -0.2) is 9.97 Å². The molecule has 0 saturated heterocycles. The molecule has 20 heavy (non-hydrogen) atoms. The van der Waals surface area contributed by atoms with E-state index in [-0.39, 0.29) is 5.41 Å². The van der Waals surface area contributed by atoms with Gasteiger partial charge in [-0.25, -0.2) is 9.97 Å². The molecule has 0 bridgehead atoms. The predicted molar refractivity (Wildman–Crippen MR) is 93.4 cm³/mol. The van der Waals surface area contributed by atoms with Crippen molar-refractivity contribution < 1.29 is 0 Å². The molecule has 2 unspecified atom stereocenters. The number of hydrogen-bond acceptors (Lipinski definition) is 2. The van der Waals surface area contributed by atoms with Gasteiger partial charge in [-0.05, 0) is 41.4 Å². The Hall–Kier alpha value is 0.1000. The van der Waals surface area contributed by atoms with Gasteiger partial charge in [0.05, 0.1) is 9.26 Å². The molecule has 1 saturated carbocycles. The third kappa shape index (κ3) is 3.65. The molecule has 1 aliphatic carbocycles. The first-order chi connectivity index (χ1) is 9.32. The molecule has 1 aliphatic rings. The highest BCUT2D eigenvalue weighted by atomic mass is 127. The Labute approximate surface area is 141 Å². The van der Waals surface area contributed by atoms with Crippen LogP contribution in [0, 0.1) is 9.49 Å². The molecular formula is C16H24ClIN2. The number of rotatable bonds is 2. The predicted octanol–water partition coefficient (Wildman–Crippen LogP) is 5.72. The lowest BCUT2D eigenvalue weighted by Gasteiger charge is -2.29. The fraction of sp³-hybridized carbons (Fsp3) is 0.750. The molecule has 0 aliphatic heterocycles. The van der Waals surface area contributed by atoms with Gasteiger partial charge in [0.15, 0.2) is 0 Å². The average molecular weight is 407 g/mol. The van der Waals surface area contributed by atoms with E-state index in [9.17, 15) is 0 Å². The highest BCUT2D eigenvalue weighted by Crippen LogP contribution is 2.38. The van der Waals surface area contributed by atoms with Crippen LogP contribution in [0.2, 0.25) is 5.15 Å². The van der Waals surface area contributed by atoms with E-state index in [4.69, 9.17) is 16.6 Å². The van der Waals surface area contributed by atoms with Crippen molar-refractivity contribution in [1.82, 2.24) is 9.97 Å².